The number of piperidine rings is 1. The van der Waals surface area contributed by atoms with E-state index >= 15 is 0 Å². The molecular formula is C18H20F2N2O. The Morgan fingerprint density at radius 1 is 1.09 bits per heavy atom. The van der Waals surface area contributed by atoms with Gasteiger partial charge in [-0.05, 0) is 56.6 Å². The maximum atomic E-state index is 13.7. The first kappa shape index (κ1) is 14.7. The fourth-order valence-corrected chi connectivity index (χ4v) is 3.90. The van der Waals surface area contributed by atoms with Gasteiger partial charge < -0.3 is 10.2 Å². The zero-order valence-electron chi connectivity index (χ0n) is 12.9. The van der Waals surface area contributed by atoms with E-state index in [1.54, 1.807) is 4.90 Å². The van der Waals surface area contributed by atoms with Crippen LogP contribution in [-0.4, -0.2) is 23.0 Å². The lowest BCUT2D eigenvalue weighted by molar-refractivity contribution is 0.173. The second-order valence-corrected chi connectivity index (χ2v) is 6.89. The van der Waals surface area contributed by atoms with Crippen LogP contribution in [0.25, 0.3) is 0 Å². The van der Waals surface area contributed by atoms with Gasteiger partial charge in [-0.2, -0.15) is 0 Å². The van der Waals surface area contributed by atoms with Gasteiger partial charge in [-0.1, -0.05) is 17.7 Å². The smallest absolute Gasteiger partial charge is 0.318 e. The molecule has 5 heteroatoms. The van der Waals surface area contributed by atoms with Gasteiger partial charge in [0.15, 0.2) is 0 Å². The van der Waals surface area contributed by atoms with E-state index < -0.39 is 11.6 Å². The third kappa shape index (κ3) is 2.84. The van der Waals surface area contributed by atoms with E-state index in [1.807, 2.05) is 0 Å². The highest BCUT2D eigenvalue weighted by Crippen LogP contribution is 2.41. The second-order valence-electron chi connectivity index (χ2n) is 6.89. The summed E-state index contributed by atoms with van der Waals surface area (Å²) in [5.41, 5.74) is 1.11. The third-order valence-corrected chi connectivity index (χ3v) is 5.14. The van der Waals surface area contributed by atoms with Crippen LogP contribution in [0.2, 0.25) is 0 Å². The molecule has 2 unspecified atom stereocenters. The van der Waals surface area contributed by atoms with E-state index in [0.717, 1.165) is 43.7 Å². The molecule has 1 N–H and O–H groups in total. The molecule has 1 aromatic rings. The molecule has 0 aromatic heterocycles. The van der Waals surface area contributed by atoms with Crippen LogP contribution in [0.5, 0.6) is 0 Å². The fraction of sp³-hybridized carbons (Fsp3) is 0.500. The van der Waals surface area contributed by atoms with E-state index in [0.29, 0.717) is 0 Å². The minimum Gasteiger partial charge on any atom is -0.318 e. The highest BCUT2D eigenvalue weighted by molar-refractivity contribution is 5.90. The number of benzene rings is 1. The number of fused-ring (bicyclic) bond motifs is 2. The van der Waals surface area contributed by atoms with Crippen molar-refractivity contribution in [2.45, 2.75) is 50.6 Å². The van der Waals surface area contributed by atoms with Crippen LogP contribution in [-0.2, 0) is 0 Å². The Kier molecular flexibility index (Phi) is 3.58. The molecule has 3 fully saturated rings. The van der Waals surface area contributed by atoms with Gasteiger partial charge in [0.25, 0.3) is 0 Å². The van der Waals surface area contributed by atoms with Crippen molar-refractivity contribution in [2.75, 3.05) is 5.32 Å². The monoisotopic (exact) mass is 318 g/mol. The predicted molar refractivity (Wildman–Crippen MR) is 84.1 cm³/mol. The topological polar surface area (TPSA) is 32.3 Å². The Morgan fingerprint density at radius 3 is 2.26 bits per heavy atom. The lowest BCUT2D eigenvalue weighted by Crippen LogP contribution is -2.47. The fourth-order valence-electron chi connectivity index (χ4n) is 3.90. The quantitative estimate of drug-likeness (QED) is 0.802. The minimum atomic E-state index is -0.739. The summed E-state index contributed by atoms with van der Waals surface area (Å²) in [7, 11) is 0. The van der Waals surface area contributed by atoms with Crippen molar-refractivity contribution in [3.8, 4) is 0 Å². The highest BCUT2D eigenvalue weighted by Gasteiger charge is 2.42. The number of para-hydroxylation sites is 1. The predicted octanol–water partition coefficient (Wildman–Crippen LogP) is 4.46. The molecule has 3 nitrogen and oxygen atoms in total. The van der Waals surface area contributed by atoms with Crippen molar-refractivity contribution < 1.29 is 13.6 Å². The van der Waals surface area contributed by atoms with Crippen LogP contribution in [0.3, 0.4) is 0 Å². The number of anilines is 1. The van der Waals surface area contributed by atoms with Gasteiger partial charge in [0, 0.05) is 12.1 Å². The molecule has 122 valence electrons. The normalized spacial score (nSPS) is 26.3. The molecule has 2 heterocycles. The molecule has 0 radical (unpaired) electrons. The number of amides is 2. The van der Waals surface area contributed by atoms with E-state index in [9.17, 15) is 13.6 Å². The first-order chi connectivity index (χ1) is 11.1. The minimum absolute atomic E-state index is 0.161. The van der Waals surface area contributed by atoms with E-state index in [1.165, 1.54) is 24.5 Å². The van der Waals surface area contributed by atoms with E-state index in [4.69, 9.17) is 0 Å². The number of carbonyl (C=O) groups excluding carboxylic acids is 1. The summed E-state index contributed by atoms with van der Waals surface area (Å²) in [6.45, 7) is 0. The zero-order valence-corrected chi connectivity index (χ0v) is 12.9. The molecule has 0 spiro atoms. The van der Waals surface area contributed by atoms with E-state index in [2.05, 4.69) is 11.4 Å². The van der Waals surface area contributed by atoms with Crippen molar-refractivity contribution in [1.82, 2.24) is 4.90 Å². The number of allylic oxidation sites excluding steroid dienone is 1. The summed E-state index contributed by atoms with van der Waals surface area (Å²) >= 11 is 0. The standard InChI is InChI=1S/C18H20F2N2O/c19-15-2-1-3-16(20)17(15)21-18(23)22-13-6-7-14(22)10-12(9-13)8-11-4-5-11/h1-3,8,11,13-14H,4-7,9-10H2,(H,21,23). The van der Waals surface area contributed by atoms with Crippen LogP contribution in [0.4, 0.5) is 19.3 Å². The maximum absolute atomic E-state index is 13.7. The maximum Gasteiger partial charge on any atom is 0.322 e. The Morgan fingerprint density at radius 2 is 1.70 bits per heavy atom. The third-order valence-electron chi connectivity index (χ3n) is 5.14. The van der Waals surface area contributed by atoms with Crippen LogP contribution in [0.1, 0.15) is 38.5 Å². The Balaban J connectivity index is 1.49. The number of hydrogen-bond donors (Lipinski definition) is 1. The Hall–Kier alpha value is -1.91. The number of hydrogen-bond acceptors (Lipinski definition) is 1. The number of nitrogens with one attached hydrogen (secondary N) is 1. The number of nitrogens with zero attached hydrogens (tertiary/aromatic N) is 1. The molecule has 1 aromatic carbocycles. The van der Waals surface area contributed by atoms with Gasteiger partial charge in [0.1, 0.15) is 17.3 Å². The van der Waals surface area contributed by atoms with Gasteiger partial charge in [-0.25, -0.2) is 13.6 Å². The molecule has 1 saturated carbocycles. The number of urea groups is 1. The molecule has 2 bridgehead atoms. The van der Waals surface area contributed by atoms with Crippen LogP contribution < -0.4 is 5.32 Å². The largest absolute Gasteiger partial charge is 0.322 e. The van der Waals surface area contributed by atoms with Crippen molar-refractivity contribution >= 4 is 11.7 Å². The molecule has 2 aliphatic heterocycles. The Bertz CT molecular complexity index is 633. The summed E-state index contributed by atoms with van der Waals surface area (Å²) in [6.07, 6.45) is 8.71. The molecule has 2 amide bonds. The molecule has 1 aliphatic carbocycles. The van der Waals surface area contributed by atoms with Crippen LogP contribution in [0, 0.1) is 17.6 Å². The lowest BCUT2D eigenvalue weighted by atomic mass is 9.96. The average molecular weight is 318 g/mol. The summed E-state index contributed by atoms with van der Waals surface area (Å²) in [4.78, 5) is 14.3. The molecular weight excluding hydrogens is 298 g/mol. The second kappa shape index (κ2) is 5.62. The summed E-state index contributed by atoms with van der Waals surface area (Å²) in [5.74, 6) is -0.730. The van der Waals surface area contributed by atoms with Gasteiger partial charge in [-0.3, -0.25) is 0 Å². The average Bonchev–Trinajstić information content (AvgIpc) is 3.28. The van der Waals surface area contributed by atoms with Crippen molar-refractivity contribution in [1.29, 1.82) is 0 Å². The van der Waals surface area contributed by atoms with Gasteiger partial charge in [0.2, 0.25) is 0 Å². The first-order valence-electron chi connectivity index (χ1n) is 8.34. The lowest BCUT2D eigenvalue weighted by Gasteiger charge is -2.36. The van der Waals surface area contributed by atoms with Crippen molar-refractivity contribution in [3.05, 3.63) is 41.5 Å². The summed E-state index contributed by atoms with van der Waals surface area (Å²) < 4.78 is 27.4. The summed E-state index contributed by atoms with van der Waals surface area (Å²) in [5, 5.41) is 2.43. The van der Waals surface area contributed by atoms with Gasteiger partial charge >= 0.3 is 6.03 Å². The molecule has 4 rings (SSSR count). The zero-order chi connectivity index (χ0) is 16.0. The van der Waals surface area contributed by atoms with Crippen molar-refractivity contribution in [3.63, 3.8) is 0 Å². The van der Waals surface area contributed by atoms with Crippen LogP contribution in [0.15, 0.2) is 29.8 Å². The number of carbonyl (C=O) groups is 1. The number of halogens is 2. The SMILES string of the molecule is O=C(Nc1c(F)cccc1F)N1C2CCC1CC(=CC1CC1)C2. The highest BCUT2D eigenvalue weighted by atomic mass is 19.1. The molecule has 2 atom stereocenters. The van der Waals surface area contributed by atoms with Gasteiger partial charge in [0.05, 0.1) is 0 Å². The van der Waals surface area contributed by atoms with E-state index in [-0.39, 0.29) is 23.8 Å². The first-order valence-corrected chi connectivity index (χ1v) is 8.34. The van der Waals surface area contributed by atoms with Gasteiger partial charge in [-0.15, -0.1) is 0 Å². The molecule has 3 aliphatic rings. The molecule has 23 heavy (non-hydrogen) atoms. The Labute approximate surface area is 134 Å². The molecule has 2 saturated heterocycles. The van der Waals surface area contributed by atoms with Crippen molar-refractivity contribution in [2.24, 2.45) is 5.92 Å². The number of rotatable bonds is 2. The summed E-state index contributed by atoms with van der Waals surface area (Å²) in [6, 6.07) is 3.54. The van der Waals surface area contributed by atoms with Crippen LogP contribution >= 0.6 is 0 Å².